The maximum atomic E-state index is 12.7. The molecule has 0 spiro atoms. The molecule has 1 aliphatic heterocycles. The number of nitrogens with zero attached hydrogens (tertiary/aromatic N) is 2. The van der Waals surface area contributed by atoms with Crippen LogP contribution in [0, 0.1) is 19.3 Å². The van der Waals surface area contributed by atoms with Gasteiger partial charge in [-0.05, 0) is 49.2 Å². The minimum Gasteiger partial charge on any atom is -0.358 e. The summed E-state index contributed by atoms with van der Waals surface area (Å²) in [6.45, 7) is 2.81. The maximum Gasteiger partial charge on any atom is 0.253 e. The van der Waals surface area contributed by atoms with Crippen molar-refractivity contribution < 1.29 is 9.59 Å². The molecule has 7 heteroatoms. The van der Waals surface area contributed by atoms with Gasteiger partial charge in [0.2, 0.25) is 5.91 Å². The molecule has 2 amide bonds. The first-order valence-corrected chi connectivity index (χ1v) is 9.30. The van der Waals surface area contributed by atoms with E-state index in [9.17, 15) is 9.59 Å². The number of halogens is 1. The lowest BCUT2D eigenvalue weighted by atomic mass is 10.2. The van der Waals surface area contributed by atoms with E-state index in [0.717, 1.165) is 15.7 Å². The van der Waals surface area contributed by atoms with Gasteiger partial charge in [0.25, 0.3) is 5.91 Å². The Labute approximate surface area is 166 Å². The van der Waals surface area contributed by atoms with Crippen LogP contribution in [-0.4, -0.2) is 35.9 Å². The third-order valence-electron chi connectivity index (χ3n) is 4.36. The Balaban J connectivity index is 1.65. The van der Waals surface area contributed by atoms with Crippen LogP contribution in [0.15, 0.2) is 41.0 Å². The highest BCUT2D eigenvalue weighted by Crippen LogP contribution is 2.27. The molecule has 27 heavy (non-hydrogen) atoms. The van der Waals surface area contributed by atoms with E-state index in [4.69, 9.17) is 6.42 Å². The zero-order chi connectivity index (χ0) is 19.4. The molecule has 0 saturated carbocycles. The molecule has 0 bridgehead atoms. The van der Waals surface area contributed by atoms with Gasteiger partial charge in [-0.2, -0.15) is 0 Å². The SMILES string of the molecule is C#CCNC(=O)c1ccc(NC2CCN(c3ccc(Br)c(C)c3)C2=O)nc1. The number of hydrogen-bond donors (Lipinski definition) is 2. The van der Waals surface area contributed by atoms with Crippen LogP contribution in [0.5, 0.6) is 0 Å². The lowest BCUT2D eigenvalue weighted by Crippen LogP contribution is -2.33. The fourth-order valence-electron chi connectivity index (χ4n) is 2.89. The number of carbonyl (C=O) groups excluding carboxylic acids is 2. The van der Waals surface area contributed by atoms with Gasteiger partial charge in [0.15, 0.2) is 0 Å². The highest BCUT2D eigenvalue weighted by Gasteiger charge is 2.32. The average Bonchev–Trinajstić information content (AvgIpc) is 3.03. The normalized spacial score (nSPS) is 16.1. The lowest BCUT2D eigenvalue weighted by molar-refractivity contribution is -0.117. The van der Waals surface area contributed by atoms with Crippen molar-refractivity contribution in [3.63, 3.8) is 0 Å². The first-order valence-electron chi connectivity index (χ1n) is 8.51. The molecule has 1 fully saturated rings. The number of aromatic nitrogens is 1. The summed E-state index contributed by atoms with van der Waals surface area (Å²) in [5, 5.41) is 5.73. The minimum atomic E-state index is -0.345. The highest BCUT2D eigenvalue weighted by molar-refractivity contribution is 9.10. The summed E-state index contributed by atoms with van der Waals surface area (Å²) in [4.78, 5) is 30.6. The van der Waals surface area contributed by atoms with E-state index in [1.165, 1.54) is 6.20 Å². The highest BCUT2D eigenvalue weighted by atomic mass is 79.9. The number of nitrogens with one attached hydrogen (secondary N) is 2. The molecule has 138 valence electrons. The predicted octanol–water partition coefficient (Wildman–Crippen LogP) is 2.73. The summed E-state index contributed by atoms with van der Waals surface area (Å²) in [6.07, 6.45) is 7.27. The Bertz CT molecular complexity index is 905. The van der Waals surface area contributed by atoms with Gasteiger partial charge >= 0.3 is 0 Å². The van der Waals surface area contributed by atoms with Crippen LogP contribution in [0.25, 0.3) is 0 Å². The van der Waals surface area contributed by atoms with Crippen molar-refractivity contribution in [2.75, 3.05) is 23.3 Å². The third kappa shape index (κ3) is 4.29. The van der Waals surface area contributed by atoms with Crippen molar-refractivity contribution in [3.8, 4) is 12.3 Å². The van der Waals surface area contributed by atoms with Crippen LogP contribution in [0.1, 0.15) is 22.3 Å². The Hall–Kier alpha value is -2.85. The summed E-state index contributed by atoms with van der Waals surface area (Å²) in [6, 6.07) is 8.86. The van der Waals surface area contributed by atoms with E-state index in [2.05, 4.69) is 37.5 Å². The fourth-order valence-corrected chi connectivity index (χ4v) is 3.14. The molecule has 1 aromatic heterocycles. The standard InChI is InChI=1S/C20H19BrN4O2/c1-3-9-22-19(26)14-4-7-18(23-12-14)24-17-8-10-25(20(17)27)15-5-6-16(21)13(2)11-15/h1,4-7,11-12,17H,8-10H2,2H3,(H,22,26)(H,23,24). The number of pyridine rings is 1. The van der Waals surface area contributed by atoms with Gasteiger partial charge in [0.1, 0.15) is 11.9 Å². The van der Waals surface area contributed by atoms with Crippen LogP contribution in [0.4, 0.5) is 11.5 Å². The van der Waals surface area contributed by atoms with Gasteiger partial charge in [-0.1, -0.05) is 21.9 Å². The topological polar surface area (TPSA) is 74.3 Å². The smallest absolute Gasteiger partial charge is 0.253 e. The molecule has 0 radical (unpaired) electrons. The molecule has 6 nitrogen and oxygen atoms in total. The predicted molar refractivity (Wildman–Crippen MR) is 109 cm³/mol. The number of anilines is 2. The van der Waals surface area contributed by atoms with Crippen molar-refractivity contribution >= 4 is 39.2 Å². The van der Waals surface area contributed by atoms with E-state index in [-0.39, 0.29) is 24.4 Å². The number of rotatable bonds is 5. The Morgan fingerprint density at radius 2 is 2.22 bits per heavy atom. The zero-order valence-electron chi connectivity index (χ0n) is 14.8. The van der Waals surface area contributed by atoms with E-state index < -0.39 is 0 Å². The van der Waals surface area contributed by atoms with E-state index in [0.29, 0.717) is 24.3 Å². The molecule has 1 aromatic carbocycles. The summed E-state index contributed by atoms with van der Waals surface area (Å²) < 4.78 is 1.02. The Morgan fingerprint density at radius 3 is 2.89 bits per heavy atom. The summed E-state index contributed by atoms with van der Waals surface area (Å²) in [5.41, 5.74) is 2.39. The Morgan fingerprint density at radius 1 is 1.41 bits per heavy atom. The molecule has 1 saturated heterocycles. The van der Waals surface area contributed by atoms with Crippen molar-refractivity contribution in [2.45, 2.75) is 19.4 Å². The second-order valence-corrected chi connectivity index (χ2v) is 7.08. The zero-order valence-corrected chi connectivity index (χ0v) is 16.4. The van der Waals surface area contributed by atoms with Crippen molar-refractivity contribution in [1.29, 1.82) is 0 Å². The van der Waals surface area contributed by atoms with Crippen LogP contribution >= 0.6 is 15.9 Å². The van der Waals surface area contributed by atoms with Crippen LogP contribution < -0.4 is 15.5 Å². The van der Waals surface area contributed by atoms with Crippen LogP contribution in [0.3, 0.4) is 0 Å². The molecule has 2 N–H and O–H groups in total. The monoisotopic (exact) mass is 426 g/mol. The molecular weight excluding hydrogens is 408 g/mol. The lowest BCUT2D eigenvalue weighted by Gasteiger charge is -2.18. The van der Waals surface area contributed by atoms with E-state index in [1.807, 2.05) is 25.1 Å². The average molecular weight is 427 g/mol. The van der Waals surface area contributed by atoms with Crippen molar-refractivity contribution in [1.82, 2.24) is 10.3 Å². The third-order valence-corrected chi connectivity index (χ3v) is 5.25. The van der Waals surface area contributed by atoms with Crippen molar-refractivity contribution in [3.05, 3.63) is 52.1 Å². The number of hydrogen-bond acceptors (Lipinski definition) is 4. The number of benzene rings is 1. The second-order valence-electron chi connectivity index (χ2n) is 6.23. The second kappa shape index (κ2) is 8.23. The summed E-state index contributed by atoms with van der Waals surface area (Å²) in [7, 11) is 0. The number of terminal acetylenes is 1. The molecule has 1 unspecified atom stereocenters. The quantitative estimate of drug-likeness (QED) is 0.720. The number of carbonyl (C=O) groups is 2. The molecule has 2 aromatic rings. The maximum absolute atomic E-state index is 12.7. The molecule has 2 heterocycles. The van der Waals surface area contributed by atoms with Gasteiger partial charge in [-0.25, -0.2) is 4.98 Å². The summed E-state index contributed by atoms with van der Waals surface area (Å²) in [5.74, 6) is 2.63. The first kappa shape index (κ1) is 18.9. The van der Waals surface area contributed by atoms with Gasteiger partial charge in [0.05, 0.1) is 12.1 Å². The first-order chi connectivity index (χ1) is 13.0. The van der Waals surface area contributed by atoms with Gasteiger partial charge in [-0.3, -0.25) is 9.59 Å². The van der Waals surface area contributed by atoms with Crippen LogP contribution in [-0.2, 0) is 4.79 Å². The largest absolute Gasteiger partial charge is 0.358 e. The van der Waals surface area contributed by atoms with Gasteiger partial charge < -0.3 is 15.5 Å². The minimum absolute atomic E-state index is 0.00867. The molecular formula is C20H19BrN4O2. The number of amides is 2. The van der Waals surface area contributed by atoms with Crippen molar-refractivity contribution in [2.24, 2.45) is 0 Å². The Kier molecular flexibility index (Phi) is 5.77. The van der Waals surface area contributed by atoms with E-state index >= 15 is 0 Å². The molecule has 3 rings (SSSR count). The fraction of sp³-hybridized carbons (Fsp3) is 0.250. The molecule has 0 aliphatic carbocycles. The molecule has 1 atom stereocenters. The molecule has 1 aliphatic rings. The summed E-state index contributed by atoms with van der Waals surface area (Å²) >= 11 is 3.48. The van der Waals surface area contributed by atoms with E-state index in [1.54, 1.807) is 17.0 Å². The van der Waals surface area contributed by atoms with Crippen LogP contribution in [0.2, 0.25) is 0 Å². The van der Waals surface area contributed by atoms with Gasteiger partial charge in [0, 0.05) is 22.9 Å². The number of aryl methyl sites for hydroxylation is 1. The van der Waals surface area contributed by atoms with Gasteiger partial charge in [-0.15, -0.1) is 6.42 Å².